The maximum atomic E-state index is 10.9. The van der Waals surface area contributed by atoms with Crippen LogP contribution in [0.15, 0.2) is 42.5 Å². The fourth-order valence-electron chi connectivity index (χ4n) is 1.81. The third-order valence-corrected chi connectivity index (χ3v) is 2.78. The number of carboxylic acid groups (broad SMARTS) is 1. The van der Waals surface area contributed by atoms with Crippen LogP contribution < -0.4 is 10.1 Å². The number of anilines is 2. The van der Waals surface area contributed by atoms with Crippen molar-refractivity contribution in [2.45, 2.75) is 0 Å². The number of nitro groups is 1. The first-order valence-corrected chi connectivity index (χ1v) is 5.94. The van der Waals surface area contributed by atoms with Crippen molar-refractivity contribution < 1.29 is 19.6 Å². The molecule has 0 bridgehead atoms. The standard InChI is InChI=1S/C14H12N2O5/c1-21-11-4-2-3-9(7-11)15-10-5-6-12(14(17)18)13(8-10)16(19)20/h2-8,15H,1H3,(H,17,18). The lowest BCUT2D eigenvalue weighted by Crippen LogP contribution is -2.03. The Labute approximate surface area is 119 Å². The molecule has 0 saturated carbocycles. The number of methoxy groups -OCH3 is 1. The second-order valence-corrected chi connectivity index (χ2v) is 4.15. The number of carboxylic acids is 1. The molecule has 0 amide bonds. The van der Waals surface area contributed by atoms with Gasteiger partial charge in [-0.3, -0.25) is 10.1 Å². The lowest BCUT2D eigenvalue weighted by molar-refractivity contribution is -0.385. The number of nitrogens with zero attached hydrogens (tertiary/aromatic N) is 1. The zero-order valence-corrected chi connectivity index (χ0v) is 11.1. The van der Waals surface area contributed by atoms with Crippen LogP contribution in [0.4, 0.5) is 17.1 Å². The predicted molar refractivity (Wildman–Crippen MR) is 76.3 cm³/mol. The van der Waals surface area contributed by atoms with Gasteiger partial charge >= 0.3 is 5.97 Å². The highest BCUT2D eigenvalue weighted by atomic mass is 16.6. The van der Waals surface area contributed by atoms with Crippen LogP contribution >= 0.6 is 0 Å². The molecule has 21 heavy (non-hydrogen) atoms. The van der Waals surface area contributed by atoms with E-state index in [0.29, 0.717) is 17.1 Å². The third-order valence-electron chi connectivity index (χ3n) is 2.78. The van der Waals surface area contributed by atoms with E-state index in [-0.39, 0.29) is 5.56 Å². The molecular weight excluding hydrogens is 276 g/mol. The number of nitrogens with one attached hydrogen (secondary N) is 1. The van der Waals surface area contributed by atoms with Crippen LogP contribution in [0.25, 0.3) is 0 Å². The Hall–Kier alpha value is -3.09. The van der Waals surface area contributed by atoms with Crippen molar-refractivity contribution in [1.29, 1.82) is 0 Å². The Balaban J connectivity index is 2.34. The summed E-state index contributed by atoms with van der Waals surface area (Å²) in [7, 11) is 1.53. The molecule has 2 aromatic rings. The Kier molecular flexibility index (Phi) is 4.03. The summed E-state index contributed by atoms with van der Waals surface area (Å²) in [4.78, 5) is 21.1. The molecule has 7 nitrogen and oxygen atoms in total. The van der Waals surface area contributed by atoms with E-state index in [1.165, 1.54) is 25.3 Å². The first-order valence-electron chi connectivity index (χ1n) is 5.94. The molecule has 0 aliphatic heterocycles. The van der Waals surface area contributed by atoms with Gasteiger partial charge < -0.3 is 15.2 Å². The highest BCUT2D eigenvalue weighted by molar-refractivity contribution is 5.93. The normalized spacial score (nSPS) is 9.95. The minimum atomic E-state index is -1.34. The molecular formula is C14H12N2O5. The molecule has 0 atom stereocenters. The molecule has 0 heterocycles. The molecule has 0 spiro atoms. The SMILES string of the molecule is COc1cccc(Nc2ccc(C(=O)O)c([N+](=O)[O-])c2)c1. The lowest BCUT2D eigenvalue weighted by Gasteiger charge is -2.08. The van der Waals surface area contributed by atoms with Crippen LogP contribution in [-0.4, -0.2) is 23.1 Å². The summed E-state index contributed by atoms with van der Waals surface area (Å²) in [6.07, 6.45) is 0. The first-order chi connectivity index (χ1) is 10.0. The maximum absolute atomic E-state index is 10.9. The van der Waals surface area contributed by atoms with Gasteiger partial charge in [-0.05, 0) is 24.3 Å². The highest BCUT2D eigenvalue weighted by Gasteiger charge is 2.20. The molecule has 0 unspecified atom stereocenters. The van der Waals surface area contributed by atoms with Gasteiger partial charge in [-0.2, -0.15) is 0 Å². The van der Waals surface area contributed by atoms with Crippen molar-refractivity contribution in [3.63, 3.8) is 0 Å². The van der Waals surface area contributed by atoms with Crippen LogP contribution in [0.2, 0.25) is 0 Å². The Bertz CT molecular complexity index is 700. The first kappa shape index (κ1) is 14.3. The van der Waals surface area contributed by atoms with Gasteiger partial charge in [0.1, 0.15) is 11.3 Å². The van der Waals surface area contributed by atoms with Crippen LogP contribution in [-0.2, 0) is 0 Å². The molecule has 0 aliphatic rings. The third kappa shape index (κ3) is 3.27. The Morgan fingerprint density at radius 1 is 1.24 bits per heavy atom. The molecule has 0 saturated heterocycles. The molecule has 0 fully saturated rings. The van der Waals surface area contributed by atoms with Crippen LogP contribution in [0.3, 0.4) is 0 Å². The Morgan fingerprint density at radius 3 is 2.57 bits per heavy atom. The summed E-state index contributed by atoms with van der Waals surface area (Å²) >= 11 is 0. The second kappa shape index (κ2) is 5.91. The van der Waals surface area contributed by atoms with E-state index in [1.807, 2.05) is 0 Å². The van der Waals surface area contributed by atoms with Crippen molar-refractivity contribution >= 4 is 23.0 Å². The number of nitro benzene ring substituents is 1. The molecule has 2 N–H and O–H groups in total. The van der Waals surface area contributed by atoms with Crippen LogP contribution in [0.5, 0.6) is 5.75 Å². The number of aromatic carboxylic acids is 1. The monoisotopic (exact) mass is 288 g/mol. The molecule has 2 aromatic carbocycles. The number of ether oxygens (including phenoxy) is 1. The summed E-state index contributed by atoms with van der Waals surface area (Å²) in [5.74, 6) is -0.703. The quantitative estimate of drug-likeness (QED) is 0.647. The Morgan fingerprint density at radius 2 is 1.95 bits per heavy atom. The summed E-state index contributed by atoms with van der Waals surface area (Å²) in [6, 6.07) is 10.9. The molecule has 0 radical (unpaired) electrons. The number of hydrogen-bond donors (Lipinski definition) is 2. The fraction of sp³-hybridized carbons (Fsp3) is 0.0714. The molecule has 0 aromatic heterocycles. The van der Waals surface area contributed by atoms with Crippen molar-refractivity contribution in [2.75, 3.05) is 12.4 Å². The molecule has 108 valence electrons. The summed E-state index contributed by atoms with van der Waals surface area (Å²) in [5, 5.41) is 22.8. The average Bonchev–Trinajstić information content (AvgIpc) is 2.47. The lowest BCUT2D eigenvalue weighted by atomic mass is 10.1. The molecule has 0 aliphatic carbocycles. The van der Waals surface area contributed by atoms with E-state index in [0.717, 1.165) is 0 Å². The van der Waals surface area contributed by atoms with Gasteiger partial charge in [0.05, 0.1) is 12.0 Å². The summed E-state index contributed by atoms with van der Waals surface area (Å²) < 4.78 is 5.08. The van der Waals surface area contributed by atoms with E-state index in [9.17, 15) is 14.9 Å². The van der Waals surface area contributed by atoms with E-state index in [1.54, 1.807) is 24.3 Å². The van der Waals surface area contributed by atoms with E-state index < -0.39 is 16.6 Å². The topological polar surface area (TPSA) is 102 Å². The highest BCUT2D eigenvalue weighted by Crippen LogP contribution is 2.27. The molecule has 2 rings (SSSR count). The average molecular weight is 288 g/mol. The zero-order valence-electron chi connectivity index (χ0n) is 11.1. The van der Waals surface area contributed by atoms with Gasteiger partial charge in [0.2, 0.25) is 0 Å². The second-order valence-electron chi connectivity index (χ2n) is 4.15. The van der Waals surface area contributed by atoms with Gasteiger partial charge in [0.15, 0.2) is 0 Å². The van der Waals surface area contributed by atoms with Crippen LogP contribution in [0.1, 0.15) is 10.4 Å². The largest absolute Gasteiger partial charge is 0.497 e. The summed E-state index contributed by atoms with van der Waals surface area (Å²) in [5.41, 5.74) is 0.276. The van der Waals surface area contributed by atoms with E-state index in [2.05, 4.69) is 5.32 Å². The number of benzene rings is 2. The van der Waals surface area contributed by atoms with Crippen molar-refractivity contribution in [1.82, 2.24) is 0 Å². The van der Waals surface area contributed by atoms with Crippen molar-refractivity contribution in [2.24, 2.45) is 0 Å². The molecule has 7 heteroatoms. The fourth-order valence-corrected chi connectivity index (χ4v) is 1.81. The maximum Gasteiger partial charge on any atom is 0.342 e. The minimum Gasteiger partial charge on any atom is -0.497 e. The van der Waals surface area contributed by atoms with E-state index in [4.69, 9.17) is 9.84 Å². The zero-order chi connectivity index (χ0) is 15.4. The number of carbonyl (C=O) groups is 1. The minimum absolute atomic E-state index is 0.351. The van der Waals surface area contributed by atoms with Gasteiger partial charge in [-0.15, -0.1) is 0 Å². The van der Waals surface area contributed by atoms with Gasteiger partial charge in [0, 0.05) is 23.5 Å². The van der Waals surface area contributed by atoms with Gasteiger partial charge in [-0.25, -0.2) is 4.79 Å². The van der Waals surface area contributed by atoms with E-state index >= 15 is 0 Å². The van der Waals surface area contributed by atoms with Gasteiger partial charge in [0.25, 0.3) is 5.69 Å². The smallest absolute Gasteiger partial charge is 0.342 e. The van der Waals surface area contributed by atoms with Gasteiger partial charge in [-0.1, -0.05) is 6.07 Å². The number of rotatable bonds is 5. The van der Waals surface area contributed by atoms with Crippen molar-refractivity contribution in [3.05, 3.63) is 58.1 Å². The number of hydrogen-bond acceptors (Lipinski definition) is 5. The predicted octanol–water partition coefficient (Wildman–Crippen LogP) is 3.05. The summed E-state index contributed by atoms with van der Waals surface area (Å²) in [6.45, 7) is 0. The van der Waals surface area contributed by atoms with Crippen LogP contribution in [0, 0.1) is 10.1 Å². The van der Waals surface area contributed by atoms with Crippen molar-refractivity contribution in [3.8, 4) is 5.75 Å².